The van der Waals surface area contributed by atoms with E-state index in [0.717, 1.165) is 0 Å². The number of hydrogen-bond acceptors (Lipinski definition) is 4. The predicted octanol–water partition coefficient (Wildman–Crippen LogP) is 0.305. The van der Waals surface area contributed by atoms with Gasteiger partial charge in [-0.15, -0.1) is 0 Å². The van der Waals surface area contributed by atoms with E-state index in [0.29, 0.717) is 39.2 Å². The van der Waals surface area contributed by atoms with Gasteiger partial charge in [0.25, 0.3) is 0 Å². The Bertz CT molecular complexity index is 176. The van der Waals surface area contributed by atoms with Gasteiger partial charge in [-0.3, -0.25) is 4.79 Å². The minimum Gasteiger partial charge on any atom is -0.466 e. The average molecular weight is 187 g/mol. The molecule has 1 aliphatic rings. The van der Waals surface area contributed by atoms with Crippen molar-refractivity contribution in [2.75, 3.05) is 26.4 Å². The molecule has 4 nitrogen and oxygen atoms in total. The first kappa shape index (κ1) is 10.5. The summed E-state index contributed by atoms with van der Waals surface area (Å²) >= 11 is 0. The van der Waals surface area contributed by atoms with Gasteiger partial charge in [-0.1, -0.05) is 0 Å². The Kier molecular flexibility index (Phi) is 3.69. The lowest BCUT2D eigenvalue weighted by Crippen LogP contribution is -2.44. The van der Waals surface area contributed by atoms with Gasteiger partial charge in [-0.25, -0.2) is 0 Å². The molecule has 0 amide bonds. The third-order valence-electron chi connectivity index (χ3n) is 2.55. The van der Waals surface area contributed by atoms with Crippen molar-refractivity contribution in [1.82, 2.24) is 0 Å². The number of carbonyl (C=O) groups excluding carboxylic acids is 1. The number of nitrogens with two attached hydrogens (primary N) is 1. The van der Waals surface area contributed by atoms with E-state index in [2.05, 4.69) is 0 Å². The third-order valence-corrected chi connectivity index (χ3v) is 2.55. The van der Waals surface area contributed by atoms with Gasteiger partial charge in [0.1, 0.15) is 0 Å². The van der Waals surface area contributed by atoms with Crippen molar-refractivity contribution in [3.8, 4) is 0 Å². The maximum Gasteiger partial charge on any atom is 0.313 e. The highest BCUT2D eigenvalue weighted by molar-refractivity contribution is 5.77. The van der Waals surface area contributed by atoms with Crippen LogP contribution in [-0.2, 0) is 14.3 Å². The van der Waals surface area contributed by atoms with Gasteiger partial charge in [-0.05, 0) is 19.8 Å². The Morgan fingerprint density at radius 3 is 2.62 bits per heavy atom. The summed E-state index contributed by atoms with van der Waals surface area (Å²) in [5, 5.41) is 0. The third kappa shape index (κ3) is 2.19. The highest BCUT2D eigenvalue weighted by Gasteiger charge is 2.40. The van der Waals surface area contributed by atoms with Crippen LogP contribution < -0.4 is 5.73 Å². The van der Waals surface area contributed by atoms with Gasteiger partial charge in [-0.2, -0.15) is 0 Å². The Labute approximate surface area is 78.4 Å². The Balaban J connectivity index is 2.61. The molecule has 0 atom stereocenters. The first-order valence-electron chi connectivity index (χ1n) is 4.70. The van der Waals surface area contributed by atoms with Crippen molar-refractivity contribution in [3.63, 3.8) is 0 Å². The topological polar surface area (TPSA) is 61.5 Å². The monoisotopic (exact) mass is 187 g/mol. The van der Waals surface area contributed by atoms with Gasteiger partial charge in [0.05, 0.1) is 12.0 Å². The number of hydrogen-bond donors (Lipinski definition) is 1. The quantitative estimate of drug-likeness (QED) is 0.646. The lowest BCUT2D eigenvalue weighted by molar-refractivity contribution is -0.160. The van der Waals surface area contributed by atoms with E-state index in [4.69, 9.17) is 15.2 Å². The van der Waals surface area contributed by atoms with Crippen LogP contribution in [0.25, 0.3) is 0 Å². The van der Waals surface area contributed by atoms with E-state index in [-0.39, 0.29) is 5.97 Å². The lowest BCUT2D eigenvalue weighted by Gasteiger charge is -2.33. The molecule has 1 fully saturated rings. The van der Waals surface area contributed by atoms with E-state index < -0.39 is 5.41 Å². The molecule has 1 rings (SSSR count). The second-order valence-corrected chi connectivity index (χ2v) is 3.32. The molecule has 0 aromatic carbocycles. The fraction of sp³-hybridized carbons (Fsp3) is 0.889. The Morgan fingerprint density at radius 1 is 1.54 bits per heavy atom. The summed E-state index contributed by atoms with van der Waals surface area (Å²) in [6, 6.07) is 0. The number of rotatable bonds is 3. The second kappa shape index (κ2) is 4.58. The maximum atomic E-state index is 11.6. The van der Waals surface area contributed by atoms with E-state index >= 15 is 0 Å². The van der Waals surface area contributed by atoms with Gasteiger partial charge in [0.15, 0.2) is 0 Å². The normalized spacial score (nSPS) is 21.1. The summed E-state index contributed by atoms with van der Waals surface area (Å²) in [7, 11) is 0. The van der Waals surface area contributed by atoms with Gasteiger partial charge in [0, 0.05) is 19.8 Å². The summed E-state index contributed by atoms with van der Waals surface area (Å²) in [5.41, 5.74) is 5.14. The smallest absolute Gasteiger partial charge is 0.313 e. The van der Waals surface area contributed by atoms with Crippen molar-refractivity contribution >= 4 is 5.97 Å². The molecule has 4 heteroatoms. The first-order valence-corrected chi connectivity index (χ1v) is 4.70. The van der Waals surface area contributed by atoms with Crippen LogP contribution in [0, 0.1) is 5.41 Å². The Hall–Kier alpha value is -0.610. The predicted molar refractivity (Wildman–Crippen MR) is 48.2 cm³/mol. The van der Waals surface area contributed by atoms with Crippen LogP contribution in [-0.4, -0.2) is 32.3 Å². The molecule has 0 spiro atoms. The summed E-state index contributed by atoms with van der Waals surface area (Å²) in [6.45, 7) is 3.80. The molecule has 0 bridgehead atoms. The van der Waals surface area contributed by atoms with E-state index in [1.807, 2.05) is 0 Å². The summed E-state index contributed by atoms with van der Waals surface area (Å²) in [5.74, 6) is -0.166. The van der Waals surface area contributed by atoms with Gasteiger partial charge >= 0.3 is 5.97 Å². The molecule has 0 saturated carbocycles. The summed E-state index contributed by atoms with van der Waals surface area (Å²) in [6.07, 6.45) is 1.37. The molecule has 1 aliphatic heterocycles. The number of esters is 1. The molecule has 0 unspecified atom stereocenters. The molecule has 0 aromatic rings. The highest BCUT2D eigenvalue weighted by Crippen LogP contribution is 2.30. The van der Waals surface area contributed by atoms with Crippen molar-refractivity contribution in [2.45, 2.75) is 19.8 Å². The lowest BCUT2D eigenvalue weighted by atomic mass is 9.80. The molecule has 0 aliphatic carbocycles. The van der Waals surface area contributed by atoms with E-state index in [1.165, 1.54) is 0 Å². The molecule has 1 heterocycles. The van der Waals surface area contributed by atoms with Crippen LogP contribution in [0.2, 0.25) is 0 Å². The maximum absolute atomic E-state index is 11.6. The van der Waals surface area contributed by atoms with Gasteiger partial charge < -0.3 is 15.2 Å². The fourth-order valence-corrected chi connectivity index (χ4v) is 1.54. The number of carbonyl (C=O) groups is 1. The van der Waals surface area contributed by atoms with Crippen LogP contribution >= 0.6 is 0 Å². The van der Waals surface area contributed by atoms with Crippen molar-refractivity contribution in [2.24, 2.45) is 11.1 Å². The first-order chi connectivity index (χ1) is 6.25. The molecular formula is C9H17NO3. The van der Waals surface area contributed by atoms with Crippen molar-refractivity contribution < 1.29 is 14.3 Å². The van der Waals surface area contributed by atoms with Crippen LogP contribution in [0.3, 0.4) is 0 Å². The number of ether oxygens (including phenoxy) is 2. The summed E-state index contributed by atoms with van der Waals surface area (Å²) in [4.78, 5) is 11.6. The molecule has 13 heavy (non-hydrogen) atoms. The highest BCUT2D eigenvalue weighted by atomic mass is 16.5. The second-order valence-electron chi connectivity index (χ2n) is 3.32. The van der Waals surface area contributed by atoms with Gasteiger partial charge in [0.2, 0.25) is 0 Å². The molecular weight excluding hydrogens is 170 g/mol. The molecule has 1 saturated heterocycles. The Morgan fingerprint density at radius 2 is 2.15 bits per heavy atom. The fourth-order valence-electron chi connectivity index (χ4n) is 1.54. The molecule has 0 aromatic heterocycles. The van der Waals surface area contributed by atoms with Crippen LogP contribution in [0.5, 0.6) is 0 Å². The molecule has 0 radical (unpaired) electrons. The largest absolute Gasteiger partial charge is 0.466 e. The minimum atomic E-state index is -0.478. The van der Waals surface area contributed by atoms with Crippen molar-refractivity contribution in [1.29, 1.82) is 0 Å². The zero-order valence-electron chi connectivity index (χ0n) is 8.04. The van der Waals surface area contributed by atoms with Crippen LogP contribution in [0.15, 0.2) is 0 Å². The zero-order chi connectivity index (χ0) is 9.73. The van der Waals surface area contributed by atoms with E-state index in [9.17, 15) is 4.79 Å². The standard InChI is InChI=1S/C9H17NO3/c1-2-13-8(11)9(7-10)3-5-12-6-4-9/h2-7,10H2,1H3. The minimum absolute atomic E-state index is 0.166. The average Bonchev–Trinajstić information content (AvgIpc) is 2.19. The molecule has 2 N–H and O–H groups in total. The SMILES string of the molecule is CCOC(=O)C1(CN)CCOCC1. The van der Waals surface area contributed by atoms with E-state index in [1.54, 1.807) is 6.92 Å². The summed E-state index contributed by atoms with van der Waals surface area (Å²) < 4.78 is 10.2. The zero-order valence-corrected chi connectivity index (χ0v) is 8.04. The molecule has 76 valence electrons. The van der Waals surface area contributed by atoms with Crippen LogP contribution in [0.4, 0.5) is 0 Å². The van der Waals surface area contributed by atoms with Crippen molar-refractivity contribution in [3.05, 3.63) is 0 Å². The van der Waals surface area contributed by atoms with Crippen LogP contribution in [0.1, 0.15) is 19.8 Å².